The summed E-state index contributed by atoms with van der Waals surface area (Å²) in [5, 5.41) is 7.33. The number of ether oxygens (including phenoxy) is 2. The minimum absolute atomic E-state index is 0.0974. The third-order valence-electron chi connectivity index (χ3n) is 5.66. The maximum Gasteiger partial charge on any atom is 0.336 e. The van der Waals surface area contributed by atoms with E-state index in [1.54, 1.807) is 11.3 Å². The molecule has 0 amide bonds. The number of hydrogen-bond donors (Lipinski definition) is 1. The Balaban J connectivity index is 1.54. The van der Waals surface area contributed by atoms with E-state index in [1.807, 2.05) is 54.1 Å². The van der Waals surface area contributed by atoms with E-state index in [9.17, 15) is 9.59 Å². The molecule has 1 atom stereocenters. The largest absolute Gasteiger partial charge is 0.490 e. The van der Waals surface area contributed by atoms with E-state index in [0.717, 1.165) is 29.1 Å². The smallest absolute Gasteiger partial charge is 0.336 e. The number of nitrogens with one attached hydrogen (secondary N) is 1. The molecule has 162 valence electrons. The van der Waals surface area contributed by atoms with Crippen molar-refractivity contribution < 1.29 is 19.1 Å². The van der Waals surface area contributed by atoms with Gasteiger partial charge in [0.1, 0.15) is 19.0 Å². The summed E-state index contributed by atoms with van der Waals surface area (Å²) in [4.78, 5) is 26.3. The highest BCUT2D eigenvalue weighted by molar-refractivity contribution is 7.08. The number of esters is 1. The molecule has 2 aromatic rings. The minimum Gasteiger partial charge on any atom is -0.490 e. The number of benzene rings is 1. The number of carbonyl (C=O) groups is 2. The number of carbonyl (C=O) groups excluding carboxylic acids is 2. The van der Waals surface area contributed by atoms with Crippen LogP contribution in [0.4, 0.5) is 0 Å². The number of rotatable bonds is 6. The van der Waals surface area contributed by atoms with Crippen LogP contribution in [0.15, 0.2) is 69.7 Å². The van der Waals surface area contributed by atoms with E-state index < -0.39 is 11.9 Å². The molecule has 1 aromatic heterocycles. The zero-order chi connectivity index (χ0) is 22.0. The van der Waals surface area contributed by atoms with Crippen LogP contribution in [0.2, 0.25) is 0 Å². The molecule has 6 heteroatoms. The number of dihydropyridines is 1. The molecule has 31 heavy (non-hydrogen) atoms. The molecule has 4 rings (SSSR count). The second kappa shape index (κ2) is 8.71. The van der Waals surface area contributed by atoms with Crippen molar-refractivity contribution >= 4 is 23.1 Å². The average Bonchev–Trinajstić information content (AvgIpc) is 3.24. The summed E-state index contributed by atoms with van der Waals surface area (Å²) in [5.41, 5.74) is 3.74. The summed E-state index contributed by atoms with van der Waals surface area (Å²) in [6, 6.07) is 11.4. The van der Waals surface area contributed by atoms with Crippen LogP contribution in [0.5, 0.6) is 5.75 Å². The topological polar surface area (TPSA) is 64.6 Å². The first kappa shape index (κ1) is 21.4. The molecule has 0 saturated heterocycles. The number of ketones is 1. The van der Waals surface area contributed by atoms with Gasteiger partial charge in [0, 0.05) is 29.3 Å². The van der Waals surface area contributed by atoms with Gasteiger partial charge in [-0.05, 0) is 53.3 Å². The predicted octanol–water partition coefficient (Wildman–Crippen LogP) is 4.97. The SMILES string of the molecule is CC1=C(C(=O)OCCOc2ccccc2)[C@@H](c2ccsc2)C2=C(CC(C)(C)CC2=O)N1. The summed E-state index contributed by atoms with van der Waals surface area (Å²) in [7, 11) is 0. The van der Waals surface area contributed by atoms with E-state index in [-0.39, 0.29) is 24.4 Å². The van der Waals surface area contributed by atoms with E-state index >= 15 is 0 Å². The highest BCUT2D eigenvalue weighted by Crippen LogP contribution is 2.47. The maximum absolute atomic E-state index is 13.2. The molecule has 0 bridgehead atoms. The Morgan fingerprint density at radius 1 is 1.16 bits per heavy atom. The summed E-state index contributed by atoms with van der Waals surface area (Å²) < 4.78 is 11.2. The minimum atomic E-state index is -0.415. The van der Waals surface area contributed by atoms with Crippen LogP contribution in [0.25, 0.3) is 0 Å². The first-order valence-electron chi connectivity index (χ1n) is 10.5. The first-order valence-corrected chi connectivity index (χ1v) is 11.4. The molecule has 2 aliphatic rings. The van der Waals surface area contributed by atoms with Gasteiger partial charge in [-0.25, -0.2) is 4.79 Å². The second-order valence-electron chi connectivity index (χ2n) is 8.78. The quantitative estimate of drug-likeness (QED) is 0.510. The summed E-state index contributed by atoms with van der Waals surface area (Å²) in [6.45, 7) is 6.48. The van der Waals surface area contributed by atoms with E-state index in [1.165, 1.54) is 0 Å². The zero-order valence-electron chi connectivity index (χ0n) is 18.1. The van der Waals surface area contributed by atoms with Crippen molar-refractivity contribution in [3.05, 3.63) is 75.3 Å². The number of Topliss-reactive ketones (excluding diaryl/α,β-unsaturated/α-hetero) is 1. The van der Waals surface area contributed by atoms with Gasteiger partial charge in [0.25, 0.3) is 0 Å². The number of thiophene rings is 1. The van der Waals surface area contributed by atoms with Crippen LogP contribution >= 0.6 is 11.3 Å². The second-order valence-corrected chi connectivity index (χ2v) is 9.56. The molecule has 1 N–H and O–H groups in total. The Morgan fingerprint density at radius 2 is 1.94 bits per heavy atom. The lowest BCUT2D eigenvalue weighted by atomic mass is 9.69. The number of allylic oxidation sites excluding steroid dienone is 3. The molecule has 0 unspecified atom stereocenters. The molecule has 1 aliphatic carbocycles. The molecule has 0 spiro atoms. The lowest BCUT2D eigenvalue weighted by molar-refractivity contribution is -0.140. The Kier molecular flexibility index (Phi) is 6.01. The third-order valence-corrected chi connectivity index (χ3v) is 6.37. The fourth-order valence-electron chi connectivity index (χ4n) is 4.37. The molecule has 0 saturated carbocycles. The molecule has 0 fully saturated rings. The molecular weight excluding hydrogens is 410 g/mol. The van der Waals surface area contributed by atoms with Gasteiger partial charge in [0.2, 0.25) is 0 Å². The molecule has 0 radical (unpaired) electrons. The van der Waals surface area contributed by atoms with Gasteiger partial charge in [0.05, 0.1) is 5.57 Å². The fourth-order valence-corrected chi connectivity index (χ4v) is 5.05. The number of para-hydroxylation sites is 1. The average molecular weight is 438 g/mol. The van der Waals surface area contributed by atoms with Crippen LogP contribution < -0.4 is 10.1 Å². The molecule has 2 heterocycles. The van der Waals surface area contributed by atoms with Gasteiger partial charge in [-0.2, -0.15) is 11.3 Å². The van der Waals surface area contributed by atoms with Crippen molar-refractivity contribution in [2.45, 2.75) is 39.5 Å². The van der Waals surface area contributed by atoms with Gasteiger partial charge in [-0.1, -0.05) is 32.0 Å². The highest BCUT2D eigenvalue weighted by Gasteiger charge is 2.43. The van der Waals surface area contributed by atoms with Crippen LogP contribution in [-0.2, 0) is 14.3 Å². The van der Waals surface area contributed by atoms with Gasteiger partial charge in [0.15, 0.2) is 5.78 Å². The van der Waals surface area contributed by atoms with Crippen molar-refractivity contribution in [2.24, 2.45) is 5.41 Å². The van der Waals surface area contributed by atoms with E-state index in [2.05, 4.69) is 19.2 Å². The van der Waals surface area contributed by atoms with Crippen LogP contribution in [0.3, 0.4) is 0 Å². The lowest BCUT2D eigenvalue weighted by Gasteiger charge is -2.39. The van der Waals surface area contributed by atoms with E-state index in [4.69, 9.17) is 9.47 Å². The highest BCUT2D eigenvalue weighted by atomic mass is 32.1. The molecular formula is C25H27NO4S. The van der Waals surface area contributed by atoms with Crippen LogP contribution in [0.1, 0.15) is 45.1 Å². The van der Waals surface area contributed by atoms with Gasteiger partial charge < -0.3 is 14.8 Å². The Labute approximate surface area is 186 Å². The maximum atomic E-state index is 13.2. The van der Waals surface area contributed by atoms with E-state index in [0.29, 0.717) is 17.6 Å². The van der Waals surface area contributed by atoms with Gasteiger partial charge >= 0.3 is 5.97 Å². The summed E-state index contributed by atoms with van der Waals surface area (Å²) >= 11 is 1.56. The van der Waals surface area contributed by atoms with Gasteiger partial charge in [-0.3, -0.25) is 4.79 Å². The fraction of sp³-hybridized carbons (Fsp3) is 0.360. The monoisotopic (exact) mass is 437 g/mol. The van der Waals surface area contributed by atoms with Crippen molar-refractivity contribution in [3.63, 3.8) is 0 Å². The van der Waals surface area contributed by atoms with Crippen molar-refractivity contribution in [1.82, 2.24) is 5.32 Å². The Hall–Kier alpha value is -2.86. The first-order chi connectivity index (χ1) is 14.9. The lowest BCUT2D eigenvalue weighted by Crippen LogP contribution is -2.38. The summed E-state index contributed by atoms with van der Waals surface area (Å²) in [5.74, 6) is 0.0190. The Bertz CT molecular complexity index is 1030. The standard InChI is InChI=1S/C25H27NO4S/c1-16-21(24(28)30-11-10-29-18-7-5-4-6-8-18)22(17-9-12-31-15-17)23-19(26-16)13-25(2,3)14-20(23)27/h4-9,12,15,22,26H,10-11,13-14H2,1-3H3/t22-/m1/s1. The molecule has 5 nitrogen and oxygen atoms in total. The third kappa shape index (κ3) is 4.59. The summed E-state index contributed by atoms with van der Waals surface area (Å²) in [6.07, 6.45) is 1.25. The number of hydrogen-bond acceptors (Lipinski definition) is 6. The normalized spacial score (nSPS) is 20.2. The zero-order valence-corrected chi connectivity index (χ0v) is 18.9. The van der Waals surface area contributed by atoms with Crippen LogP contribution in [0, 0.1) is 5.41 Å². The van der Waals surface area contributed by atoms with Crippen molar-refractivity contribution in [3.8, 4) is 5.75 Å². The Morgan fingerprint density at radius 3 is 2.65 bits per heavy atom. The van der Waals surface area contributed by atoms with Crippen molar-refractivity contribution in [2.75, 3.05) is 13.2 Å². The predicted molar refractivity (Wildman–Crippen MR) is 121 cm³/mol. The van der Waals surface area contributed by atoms with Crippen molar-refractivity contribution in [1.29, 1.82) is 0 Å². The van der Waals surface area contributed by atoms with Gasteiger partial charge in [-0.15, -0.1) is 0 Å². The molecule has 1 aromatic carbocycles. The van der Waals surface area contributed by atoms with Crippen LogP contribution in [-0.4, -0.2) is 25.0 Å². The molecule has 1 aliphatic heterocycles.